The zero-order valence-corrected chi connectivity index (χ0v) is 33.5. The molecule has 5 aliphatic rings. The Morgan fingerprint density at radius 2 is 1.73 bits per heavy atom. The van der Waals surface area contributed by atoms with Crippen molar-refractivity contribution in [1.82, 2.24) is 39.5 Å². The van der Waals surface area contributed by atoms with Crippen molar-refractivity contribution in [2.45, 2.75) is 114 Å². The Kier molecular flexibility index (Phi) is 11.0. The lowest BCUT2D eigenvalue weighted by molar-refractivity contribution is -0.129. The third kappa shape index (κ3) is 8.06. The molecule has 0 spiro atoms. The fourth-order valence-electron chi connectivity index (χ4n) is 9.53. The van der Waals surface area contributed by atoms with Gasteiger partial charge in [0.05, 0.1) is 35.1 Å². The first kappa shape index (κ1) is 39.9. The second kappa shape index (κ2) is 16.5. The normalized spacial score (nSPS) is 25.8. The minimum absolute atomic E-state index is 0.0152. The van der Waals surface area contributed by atoms with E-state index in [1.165, 1.54) is 29.8 Å². The molecule has 1 aromatic carbocycles. The van der Waals surface area contributed by atoms with E-state index in [4.69, 9.17) is 0 Å². The lowest BCUT2D eigenvalue weighted by atomic mass is 9.84. The minimum Gasteiger partial charge on any atom is -0.382 e. The molecule has 18 heteroatoms. The number of carbonyl (C=O) groups excluding carboxylic acids is 4. The van der Waals surface area contributed by atoms with Crippen molar-refractivity contribution in [2.24, 2.45) is 11.8 Å². The Morgan fingerprint density at radius 1 is 0.967 bits per heavy atom. The van der Waals surface area contributed by atoms with Gasteiger partial charge in [0.1, 0.15) is 17.6 Å². The summed E-state index contributed by atoms with van der Waals surface area (Å²) in [6, 6.07) is 6.64. The quantitative estimate of drug-likeness (QED) is 0.111. The molecule has 3 aliphatic carbocycles. The fraction of sp³-hybridized carbons (Fsp3) is 0.548. The molecule has 4 aromatic rings. The van der Waals surface area contributed by atoms with Crippen molar-refractivity contribution < 1.29 is 33.1 Å². The van der Waals surface area contributed by atoms with Crippen LogP contribution in [0, 0.1) is 11.8 Å². The van der Waals surface area contributed by atoms with Crippen LogP contribution < -0.4 is 21.3 Å². The van der Waals surface area contributed by atoms with Gasteiger partial charge in [-0.1, -0.05) is 6.07 Å². The molecule has 60 heavy (non-hydrogen) atoms. The molecule has 16 nitrogen and oxygen atoms in total. The van der Waals surface area contributed by atoms with E-state index < -0.39 is 42.1 Å². The highest BCUT2D eigenvalue weighted by molar-refractivity contribution is 6.24. The molecule has 3 aromatic heterocycles. The van der Waals surface area contributed by atoms with Gasteiger partial charge in [-0.05, 0) is 108 Å². The number of rotatable bonds is 13. The summed E-state index contributed by atoms with van der Waals surface area (Å²) < 4.78 is 31.6. The summed E-state index contributed by atoms with van der Waals surface area (Å²) in [5.74, 6) is -0.0912. The van der Waals surface area contributed by atoms with Crippen LogP contribution in [0.25, 0.3) is 5.65 Å². The molecule has 5 heterocycles. The van der Waals surface area contributed by atoms with Gasteiger partial charge >= 0.3 is 0 Å². The predicted octanol–water partition coefficient (Wildman–Crippen LogP) is 5.22. The van der Waals surface area contributed by atoms with Crippen LogP contribution in [0.15, 0.2) is 42.9 Å². The van der Waals surface area contributed by atoms with Crippen LogP contribution in [0.4, 0.5) is 26.0 Å². The molecule has 2 atom stereocenters. The van der Waals surface area contributed by atoms with Crippen LogP contribution in [0.1, 0.15) is 126 Å². The fourth-order valence-corrected chi connectivity index (χ4v) is 9.53. The smallest absolute Gasteiger partial charge is 0.284 e. The standard InChI is InChI=1S/C42H51F2N11O5/c1-52(26-13-9-25(10-14-26)47-30-4-2-3-28-35(30)42(60)55(41(28)59)32-15-16-34(56)50-40(32)58)21-24-7-11-27(12-8-24)54-22-31(36(51-54)37(43)44)48-39(57)29-20-46-53-18-17-33(49-38(29)53)45-19-23-5-6-23/h2-4,17-18,20,22-27,32,37,40,47,58H,5-16,19,21H2,1H3,(H,45,49)(H,48,57)(H,50,56). The lowest BCUT2D eigenvalue weighted by Crippen LogP contribution is -2.57. The highest BCUT2D eigenvalue weighted by Gasteiger charge is 2.45. The molecule has 1 saturated heterocycles. The van der Waals surface area contributed by atoms with Crippen molar-refractivity contribution in [3.05, 3.63) is 65.2 Å². The Morgan fingerprint density at radius 3 is 2.47 bits per heavy atom. The van der Waals surface area contributed by atoms with Crippen LogP contribution >= 0.6 is 0 Å². The number of amides is 4. The molecule has 5 N–H and O–H groups in total. The van der Waals surface area contributed by atoms with Gasteiger partial charge in [-0.25, -0.2) is 18.3 Å². The topological polar surface area (TPSA) is 191 Å². The number of carbonyl (C=O) groups is 4. The summed E-state index contributed by atoms with van der Waals surface area (Å²) >= 11 is 0. The highest BCUT2D eigenvalue weighted by atomic mass is 19.3. The zero-order valence-electron chi connectivity index (χ0n) is 33.5. The lowest BCUT2D eigenvalue weighted by Gasteiger charge is -2.38. The van der Waals surface area contributed by atoms with Crippen LogP contribution in [-0.2, 0) is 4.79 Å². The van der Waals surface area contributed by atoms with Gasteiger partial charge in [0.25, 0.3) is 24.1 Å². The summed E-state index contributed by atoms with van der Waals surface area (Å²) in [5.41, 5.74) is 1.27. The minimum atomic E-state index is -2.87. The molecule has 2 unspecified atom stereocenters. The zero-order chi connectivity index (χ0) is 41.7. The number of aromatic nitrogens is 5. The van der Waals surface area contributed by atoms with E-state index in [2.05, 4.69) is 48.4 Å². The highest BCUT2D eigenvalue weighted by Crippen LogP contribution is 2.38. The van der Waals surface area contributed by atoms with Crippen molar-refractivity contribution in [3.8, 4) is 0 Å². The average Bonchev–Trinajstić information content (AvgIpc) is 3.73. The number of fused-ring (bicyclic) bond motifs is 2. The molecule has 4 amide bonds. The van der Waals surface area contributed by atoms with Crippen molar-refractivity contribution in [1.29, 1.82) is 0 Å². The number of hydrogen-bond donors (Lipinski definition) is 5. The molecular weight excluding hydrogens is 777 g/mol. The third-order valence-corrected chi connectivity index (χ3v) is 13.1. The van der Waals surface area contributed by atoms with E-state index in [1.807, 2.05) is 6.07 Å². The summed E-state index contributed by atoms with van der Waals surface area (Å²) in [6.45, 7) is 1.73. The molecule has 9 rings (SSSR count). The number of anilines is 3. The number of nitrogens with one attached hydrogen (secondary N) is 4. The maximum Gasteiger partial charge on any atom is 0.284 e. The maximum absolute atomic E-state index is 14.2. The summed E-state index contributed by atoms with van der Waals surface area (Å²) in [4.78, 5) is 60.2. The first-order valence-electron chi connectivity index (χ1n) is 21.2. The molecule has 2 aliphatic heterocycles. The first-order chi connectivity index (χ1) is 29.0. The molecule has 0 bridgehead atoms. The number of halogens is 2. The number of benzene rings is 1. The number of nitrogens with zero attached hydrogens (tertiary/aromatic N) is 7. The molecular formula is C42H51F2N11O5. The third-order valence-electron chi connectivity index (χ3n) is 13.1. The molecule has 4 fully saturated rings. The summed E-state index contributed by atoms with van der Waals surface area (Å²) in [5, 5.41) is 30.9. The van der Waals surface area contributed by atoms with Crippen molar-refractivity contribution >= 4 is 46.5 Å². The number of piperidine rings is 1. The van der Waals surface area contributed by atoms with E-state index in [0.29, 0.717) is 46.2 Å². The SMILES string of the molecule is CN(CC1CCC(n2cc(NC(=O)c3cnn4ccc(NCC5CC5)nc34)c(C(F)F)n2)CC1)C1CCC(Nc2cccc3c2C(=O)N(C2CCC(=O)NC2O)C3=O)CC1. The summed E-state index contributed by atoms with van der Waals surface area (Å²) in [7, 11) is 2.16. The van der Waals surface area contributed by atoms with Gasteiger partial charge in [-0.3, -0.25) is 28.8 Å². The predicted molar refractivity (Wildman–Crippen MR) is 217 cm³/mol. The van der Waals surface area contributed by atoms with Crippen LogP contribution in [0.3, 0.4) is 0 Å². The second-order valence-electron chi connectivity index (χ2n) is 17.2. The van der Waals surface area contributed by atoms with Crippen LogP contribution in [0.2, 0.25) is 0 Å². The van der Waals surface area contributed by atoms with E-state index >= 15 is 0 Å². The van der Waals surface area contributed by atoms with Gasteiger partial charge in [0.2, 0.25) is 5.91 Å². The van der Waals surface area contributed by atoms with E-state index in [0.717, 1.165) is 69.4 Å². The molecule has 0 radical (unpaired) electrons. The van der Waals surface area contributed by atoms with Crippen molar-refractivity contribution in [3.63, 3.8) is 0 Å². The number of aliphatic hydroxyl groups excluding tert-OH is 1. The van der Waals surface area contributed by atoms with E-state index in [9.17, 15) is 33.1 Å². The average molecular weight is 828 g/mol. The Labute approximate surface area is 345 Å². The maximum atomic E-state index is 14.2. The molecule has 318 valence electrons. The molecule has 3 saturated carbocycles. The van der Waals surface area contributed by atoms with Gasteiger partial charge in [-0.2, -0.15) is 10.2 Å². The van der Waals surface area contributed by atoms with E-state index in [1.54, 1.807) is 29.1 Å². The number of alkyl halides is 2. The Bertz CT molecular complexity index is 2280. The Balaban J connectivity index is 0.761. The number of aliphatic hydroxyl groups is 1. The van der Waals surface area contributed by atoms with Crippen molar-refractivity contribution in [2.75, 3.05) is 36.1 Å². The van der Waals surface area contributed by atoms with Crippen LogP contribution in [-0.4, -0.2) is 107 Å². The van der Waals surface area contributed by atoms with Gasteiger partial charge < -0.3 is 31.3 Å². The number of hydrogen-bond acceptors (Lipinski definition) is 11. The first-order valence-corrected chi connectivity index (χ1v) is 21.2. The van der Waals surface area contributed by atoms with Gasteiger partial charge in [0.15, 0.2) is 11.3 Å². The largest absolute Gasteiger partial charge is 0.382 e. The van der Waals surface area contributed by atoms with E-state index in [-0.39, 0.29) is 42.1 Å². The van der Waals surface area contributed by atoms with Gasteiger partial charge in [0, 0.05) is 49.7 Å². The van der Waals surface area contributed by atoms with Gasteiger partial charge in [-0.15, -0.1) is 0 Å². The number of imide groups is 1. The second-order valence-corrected chi connectivity index (χ2v) is 17.2. The monoisotopic (exact) mass is 827 g/mol. The summed E-state index contributed by atoms with van der Waals surface area (Å²) in [6.07, 6.45) is 10.3. The van der Waals surface area contributed by atoms with Crippen LogP contribution in [0.5, 0.6) is 0 Å². The Hall–Kier alpha value is -5.49.